The quantitative estimate of drug-likeness (QED) is 0.375. The van der Waals surface area contributed by atoms with Crippen LogP contribution in [0.25, 0.3) is 0 Å². The normalized spacial score (nSPS) is 11.8. The van der Waals surface area contributed by atoms with Gasteiger partial charge < -0.3 is 21.1 Å². The number of carbonyl (C=O) groups is 1. The zero-order valence-corrected chi connectivity index (χ0v) is 15.8. The summed E-state index contributed by atoms with van der Waals surface area (Å²) in [7, 11) is 3.12. The van der Waals surface area contributed by atoms with Gasteiger partial charge in [0.15, 0.2) is 0 Å². The number of nitrogens with one attached hydrogen (secondary N) is 2. The minimum atomic E-state index is -0.384. The molecule has 1 amide bonds. The number of ether oxygens (including phenoxy) is 1. The van der Waals surface area contributed by atoms with Gasteiger partial charge in [0.1, 0.15) is 17.4 Å². The zero-order valence-electron chi connectivity index (χ0n) is 15.1. The van der Waals surface area contributed by atoms with Crippen LogP contribution in [0.1, 0.15) is 11.4 Å². The average molecular weight is 389 g/mol. The maximum absolute atomic E-state index is 12.4. The molecule has 0 saturated carbocycles. The van der Waals surface area contributed by atoms with Crippen LogP contribution in [0, 0.1) is 0 Å². The second kappa shape index (κ2) is 10.1. The number of benzene rings is 1. The molecule has 0 saturated heterocycles. The number of rotatable bonds is 7. The van der Waals surface area contributed by atoms with Gasteiger partial charge in [-0.25, -0.2) is 9.97 Å². The van der Waals surface area contributed by atoms with Gasteiger partial charge in [-0.2, -0.15) is 0 Å². The number of hydrogen-bond donors (Lipinski definition) is 3. The fraction of sp³-hybridized carbons (Fsp3) is 0.222. The highest BCUT2D eigenvalue weighted by molar-refractivity contribution is 6.32. The van der Waals surface area contributed by atoms with Crippen LogP contribution in [0.2, 0.25) is 5.02 Å². The van der Waals surface area contributed by atoms with E-state index in [9.17, 15) is 4.79 Å². The molecule has 1 aromatic carbocycles. The van der Waals surface area contributed by atoms with Gasteiger partial charge in [-0.15, -0.1) is 0 Å². The van der Waals surface area contributed by atoms with Gasteiger partial charge >= 0.3 is 0 Å². The third kappa shape index (κ3) is 5.68. The molecule has 0 spiro atoms. The zero-order chi connectivity index (χ0) is 19.6. The number of aromatic nitrogens is 2. The molecule has 0 aliphatic rings. The predicted octanol–water partition coefficient (Wildman–Crippen LogP) is 1.42. The highest BCUT2D eigenvalue weighted by atomic mass is 35.5. The summed E-state index contributed by atoms with van der Waals surface area (Å²) < 4.78 is 5.13. The number of hydrogen-bond acceptors (Lipinski definition) is 6. The van der Waals surface area contributed by atoms with E-state index in [-0.39, 0.29) is 18.0 Å². The van der Waals surface area contributed by atoms with Crippen molar-refractivity contribution in [2.45, 2.75) is 13.1 Å². The fourth-order valence-corrected chi connectivity index (χ4v) is 2.52. The van der Waals surface area contributed by atoms with E-state index in [1.54, 1.807) is 44.8 Å². The molecule has 0 aliphatic carbocycles. The Hall–Kier alpha value is -3.13. The Bertz CT molecular complexity index is 839. The number of amides is 1. The van der Waals surface area contributed by atoms with Crippen molar-refractivity contribution in [2.75, 3.05) is 14.2 Å². The number of halogens is 1. The molecule has 1 heterocycles. The molecule has 0 fully saturated rings. The summed E-state index contributed by atoms with van der Waals surface area (Å²) >= 11 is 6.13. The summed E-state index contributed by atoms with van der Waals surface area (Å²) in [5.74, 6) is 1.06. The summed E-state index contributed by atoms with van der Waals surface area (Å²) in [5, 5.41) is 6.31. The first-order valence-corrected chi connectivity index (χ1v) is 8.46. The van der Waals surface area contributed by atoms with Crippen molar-refractivity contribution in [3.63, 3.8) is 0 Å². The molecule has 4 N–H and O–H groups in total. The van der Waals surface area contributed by atoms with E-state index < -0.39 is 0 Å². The van der Waals surface area contributed by atoms with Gasteiger partial charge in [0.25, 0.3) is 5.91 Å². The Kier molecular flexibility index (Phi) is 7.57. The molecule has 27 heavy (non-hydrogen) atoms. The number of carbonyl (C=O) groups excluding carboxylic acids is 1. The monoisotopic (exact) mass is 388 g/mol. The molecule has 1 aromatic heterocycles. The third-order valence-electron chi connectivity index (χ3n) is 3.59. The first kappa shape index (κ1) is 20.2. The fourth-order valence-electron chi connectivity index (χ4n) is 2.24. The Morgan fingerprint density at radius 2 is 2.04 bits per heavy atom. The number of amidine groups is 1. The van der Waals surface area contributed by atoms with Gasteiger partial charge in [0.05, 0.1) is 24.3 Å². The number of aliphatic imine (C=N–C) groups is 1. The van der Waals surface area contributed by atoms with Crippen LogP contribution in [0.15, 0.2) is 53.4 Å². The minimum Gasteiger partial charge on any atom is -0.495 e. The van der Waals surface area contributed by atoms with Gasteiger partial charge in [0.2, 0.25) is 0 Å². The van der Waals surface area contributed by atoms with Crippen LogP contribution in [-0.4, -0.2) is 35.9 Å². The minimum absolute atomic E-state index is 0.183. The lowest BCUT2D eigenvalue weighted by Crippen LogP contribution is -2.35. The van der Waals surface area contributed by atoms with Crippen molar-refractivity contribution in [3.8, 4) is 5.75 Å². The van der Waals surface area contributed by atoms with E-state index in [1.807, 2.05) is 6.07 Å². The lowest BCUT2D eigenvalue weighted by atomic mass is 10.2. The van der Waals surface area contributed by atoms with Crippen molar-refractivity contribution in [3.05, 3.63) is 64.8 Å². The van der Waals surface area contributed by atoms with E-state index in [2.05, 4.69) is 25.6 Å². The van der Waals surface area contributed by atoms with Gasteiger partial charge in [-0.1, -0.05) is 17.7 Å². The third-order valence-corrected chi connectivity index (χ3v) is 3.89. The summed E-state index contributed by atoms with van der Waals surface area (Å²) in [4.78, 5) is 24.6. The highest BCUT2D eigenvalue weighted by Crippen LogP contribution is 2.24. The molecule has 142 valence electrons. The van der Waals surface area contributed by atoms with E-state index >= 15 is 0 Å². The molecule has 0 bridgehead atoms. The standard InChI is InChI=1S/C18H21ClN6O2/c1-21-17(24-10-12-4-5-15(27-2)14(19)8-12)13(9-20)18(26)25-11-16-22-6-3-7-23-16/h3-9H,10-11,20H2,1-2H3,(H,21,24)(H,25,26). The van der Waals surface area contributed by atoms with Crippen LogP contribution < -0.4 is 21.1 Å². The molecule has 9 heteroatoms. The molecule has 0 unspecified atom stereocenters. The van der Waals surface area contributed by atoms with Crippen molar-refractivity contribution < 1.29 is 9.53 Å². The Labute approximate surface area is 162 Å². The first-order chi connectivity index (χ1) is 13.1. The molecule has 0 aliphatic heterocycles. The van der Waals surface area contributed by atoms with Gasteiger partial charge in [-0.3, -0.25) is 9.79 Å². The molecule has 0 atom stereocenters. The molecule has 2 rings (SSSR count). The van der Waals surface area contributed by atoms with Crippen LogP contribution in [0.5, 0.6) is 5.75 Å². The molecule has 8 nitrogen and oxygen atoms in total. The molecule has 2 aromatic rings. The Morgan fingerprint density at radius 3 is 2.63 bits per heavy atom. The highest BCUT2D eigenvalue weighted by Gasteiger charge is 2.16. The van der Waals surface area contributed by atoms with Crippen LogP contribution in [-0.2, 0) is 17.9 Å². The van der Waals surface area contributed by atoms with Crippen molar-refractivity contribution in [1.29, 1.82) is 0 Å². The topological polar surface area (TPSA) is 115 Å². The summed E-state index contributed by atoms with van der Waals surface area (Å²) in [6, 6.07) is 7.12. The van der Waals surface area contributed by atoms with E-state index in [0.717, 1.165) is 5.56 Å². The number of nitrogens with zero attached hydrogens (tertiary/aromatic N) is 3. The van der Waals surface area contributed by atoms with Crippen LogP contribution >= 0.6 is 11.6 Å². The van der Waals surface area contributed by atoms with Crippen LogP contribution in [0.3, 0.4) is 0 Å². The molecular formula is C18H21ClN6O2. The Balaban J connectivity index is 1.99. The number of methoxy groups -OCH3 is 1. The smallest absolute Gasteiger partial charge is 0.256 e. The molecular weight excluding hydrogens is 368 g/mol. The predicted molar refractivity (Wildman–Crippen MR) is 104 cm³/mol. The summed E-state index contributed by atoms with van der Waals surface area (Å²) in [5.41, 5.74) is 6.75. The maximum atomic E-state index is 12.4. The van der Waals surface area contributed by atoms with E-state index in [4.69, 9.17) is 22.1 Å². The first-order valence-electron chi connectivity index (χ1n) is 8.08. The van der Waals surface area contributed by atoms with E-state index in [1.165, 1.54) is 6.20 Å². The van der Waals surface area contributed by atoms with Crippen molar-refractivity contribution in [1.82, 2.24) is 20.6 Å². The van der Waals surface area contributed by atoms with Gasteiger partial charge in [0, 0.05) is 32.2 Å². The van der Waals surface area contributed by atoms with Gasteiger partial charge in [-0.05, 0) is 23.8 Å². The van der Waals surface area contributed by atoms with Crippen molar-refractivity contribution in [2.24, 2.45) is 10.7 Å². The molecule has 0 radical (unpaired) electrons. The van der Waals surface area contributed by atoms with E-state index in [0.29, 0.717) is 29.0 Å². The number of nitrogens with two attached hydrogens (primary N) is 1. The lowest BCUT2D eigenvalue weighted by molar-refractivity contribution is -0.117. The SMILES string of the molecule is CN=C(NCc1ccc(OC)c(Cl)c1)C(=CN)C(=O)NCc1ncccn1. The largest absolute Gasteiger partial charge is 0.495 e. The second-order valence-corrected chi connectivity index (χ2v) is 5.73. The van der Waals surface area contributed by atoms with Crippen LogP contribution in [0.4, 0.5) is 0 Å². The lowest BCUT2D eigenvalue weighted by Gasteiger charge is -2.13. The second-order valence-electron chi connectivity index (χ2n) is 5.32. The summed E-state index contributed by atoms with van der Waals surface area (Å²) in [6.45, 7) is 0.588. The summed E-state index contributed by atoms with van der Waals surface area (Å²) in [6.07, 6.45) is 4.42. The average Bonchev–Trinajstić information content (AvgIpc) is 2.70. The van der Waals surface area contributed by atoms with Crippen molar-refractivity contribution >= 4 is 23.3 Å². The maximum Gasteiger partial charge on any atom is 0.256 e. The Morgan fingerprint density at radius 1 is 1.30 bits per heavy atom.